The van der Waals surface area contributed by atoms with Crippen LogP contribution in [-0.2, 0) is 6.18 Å². The fourth-order valence-corrected chi connectivity index (χ4v) is 2.17. The van der Waals surface area contributed by atoms with E-state index in [0.717, 1.165) is 18.2 Å². The van der Waals surface area contributed by atoms with Crippen LogP contribution >= 0.6 is 11.8 Å². The van der Waals surface area contributed by atoms with E-state index in [1.165, 1.54) is 0 Å². The lowest BCUT2D eigenvalue weighted by atomic mass is 10.3. The Labute approximate surface area is 119 Å². The molecule has 0 atom stereocenters. The first kappa shape index (κ1) is 15.4. The molecule has 1 aromatic carbocycles. The van der Waals surface area contributed by atoms with Crippen LogP contribution in [0.15, 0.2) is 34.2 Å². The Morgan fingerprint density at radius 1 is 1.10 bits per heavy atom. The van der Waals surface area contributed by atoms with Gasteiger partial charge in [-0.1, -0.05) is 11.8 Å². The number of benzene rings is 1. The largest absolute Gasteiger partial charge is 0.451 e. The van der Waals surface area contributed by atoms with Gasteiger partial charge in [0.25, 0.3) is 0 Å². The van der Waals surface area contributed by atoms with Crippen molar-refractivity contribution in [2.75, 3.05) is 5.43 Å². The number of nitrogens with zero attached hydrogens (tertiary/aromatic N) is 2. The van der Waals surface area contributed by atoms with Crippen LogP contribution in [0.4, 0.5) is 27.8 Å². The highest BCUT2D eigenvalue weighted by molar-refractivity contribution is 7.99. The van der Waals surface area contributed by atoms with Crippen LogP contribution in [0.25, 0.3) is 0 Å². The summed E-state index contributed by atoms with van der Waals surface area (Å²) in [6, 6.07) is 3.82. The van der Waals surface area contributed by atoms with Gasteiger partial charge >= 0.3 is 6.18 Å². The number of nitrogen functional groups attached to an aromatic ring is 1. The standard InChI is InChI=1S/C11H7F5N4S/c12-5-1-2-7(6(13)3-5)21-9-4-8(20-17)18-10(19-9)11(14,15)16/h1-4H,17H2,(H,18,19,20). The Bertz CT molecular complexity index is 662. The second kappa shape index (κ2) is 5.82. The molecule has 2 aromatic rings. The summed E-state index contributed by atoms with van der Waals surface area (Å²) < 4.78 is 64.1. The number of anilines is 1. The molecule has 0 saturated heterocycles. The first-order valence-electron chi connectivity index (χ1n) is 5.35. The van der Waals surface area contributed by atoms with Crippen molar-refractivity contribution in [2.24, 2.45) is 5.84 Å². The quantitative estimate of drug-likeness (QED) is 0.393. The summed E-state index contributed by atoms with van der Waals surface area (Å²) in [6.07, 6.45) is -4.77. The average Bonchev–Trinajstić information content (AvgIpc) is 2.40. The van der Waals surface area contributed by atoms with Gasteiger partial charge in [0.1, 0.15) is 22.5 Å². The fraction of sp³-hybridized carbons (Fsp3) is 0.0909. The first-order valence-corrected chi connectivity index (χ1v) is 6.17. The second-order valence-corrected chi connectivity index (χ2v) is 4.80. The number of nitrogens with one attached hydrogen (secondary N) is 1. The fourth-order valence-electron chi connectivity index (χ4n) is 1.35. The molecule has 112 valence electrons. The normalized spacial score (nSPS) is 11.5. The molecule has 0 radical (unpaired) electrons. The summed E-state index contributed by atoms with van der Waals surface area (Å²) in [6.45, 7) is 0. The predicted octanol–water partition coefficient (Wildman–Crippen LogP) is 3.21. The van der Waals surface area contributed by atoms with Gasteiger partial charge in [0.15, 0.2) is 0 Å². The molecule has 2 rings (SSSR count). The molecule has 0 bridgehead atoms. The van der Waals surface area contributed by atoms with E-state index in [4.69, 9.17) is 5.84 Å². The molecule has 0 fully saturated rings. The molecule has 0 aliphatic heterocycles. The van der Waals surface area contributed by atoms with Crippen LogP contribution in [0, 0.1) is 11.6 Å². The maximum atomic E-state index is 13.5. The third kappa shape index (κ3) is 3.79. The van der Waals surface area contributed by atoms with Crippen molar-refractivity contribution >= 4 is 17.6 Å². The number of aromatic nitrogens is 2. The third-order valence-corrected chi connectivity index (χ3v) is 3.18. The van der Waals surface area contributed by atoms with E-state index >= 15 is 0 Å². The Balaban J connectivity index is 2.39. The highest BCUT2D eigenvalue weighted by atomic mass is 32.2. The van der Waals surface area contributed by atoms with E-state index in [1.807, 2.05) is 5.43 Å². The van der Waals surface area contributed by atoms with E-state index in [2.05, 4.69) is 9.97 Å². The second-order valence-electron chi connectivity index (χ2n) is 3.73. The Kier molecular flexibility index (Phi) is 4.28. The van der Waals surface area contributed by atoms with Gasteiger partial charge in [0.2, 0.25) is 5.82 Å². The van der Waals surface area contributed by atoms with E-state index in [-0.39, 0.29) is 15.7 Å². The van der Waals surface area contributed by atoms with Gasteiger partial charge in [-0.2, -0.15) is 13.2 Å². The lowest BCUT2D eigenvalue weighted by molar-refractivity contribution is -0.145. The van der Waals surface area contributed by atoms with Crippen LogP contribution in [0.3, 0.4) is 0 Å². The van der Waals surface area contributed by atoms with Gasteiger partial charge in [-0.15, -0.1) is 0 Å². The molecular formula is C11H7F5N4S. The van der Waals surface area contributed by atoms with Crippen LogP contribution in [0.5, 0.6) is 0 Å². The van der Waals surface area contributed by atoms with E-state index in [9.17, 15) is 22.0 Å². The summed E-state index contributed by atoms with van der Waals surface area (Å²) >= 11 is 0.594. The Hall–Kier alpha value is -1.94. The zero-order valence-corrected chi connectivity index (χ0v) is 10.9. The lowest BCUT2D eigenvalue weighted by Gasteiger charge is -2.09. The van der Waals surface area contributed by atoms with Crippen molar-refractivity contribution in [1.82, 2.24) is 9.97 Å². The monoisotopic (exact) mass is 322 g/mol. The van der Waals surface area contributed by atoms with Gasteiger partial charge in [-0.3, -0.25) is 0 Å². The number of halogens is 5. The molecule has 0 spiro atoms. The summed E-state index contributed by atoms with van der Waals surface area (Å²) in [4.78, 5) is 6.37. The molecule has 0 unspecified atom stereocenters. The zero-order chi connectivity index (χ0) is 15.6. The third-order valence-electron chi connectivity index (χ3n) is 2.21. The molecule has 0 aliphatic rings. The zero-order valence-electron chi connectivity index (χ0n) is 10.1. The van der Waals surface area contributed by atoms with Crippen LogP contribution in [-0.4, -0.2) is 9.97 Å². The van der Waals surface area contributed by atoms with E-state index < -0.39 is 23.6 Å². The SMILES string of the molecule is NNc1cc(Sc2ccc(F)cc2F)nc(C(F)(F)F)n1. The first-order chi connectivity index (χ1) is 9.79. The summed E-state index contributed by atoms with van der Waals surface area (Å²) in [5.41, 5.74) is 1.97. The van der Waals surface area contributed by atoms with Crippen LogP contribution in [0.2, 0.25) is 0 Å². The number of hydrogen-bond donors (Lipinski definition) is 2. The van der Waals surface area contributed by atoms with Gasteiger partial charge < -0.3 is 5.43 Å². The summed E-state index contributed by atoms with van der Waals surface area (Å²) in [5, 5.41) is -0.184. The smallest absolute Gasteiger partial charge is 0.308 e. The molecular weight excluding hydrogens is 315 g/mol. The van der Waals surface area contributed by atoms with Gasteiger partial charge in [0.05, 0.1) is 0 Å². The molecule has 3 N–H and O–H groups in total. The van der Waals surface area contributed by atoms with Crippen molar-refractivity contribution in [3.05, 3.63) is 41.7 Å². The molecule has 0 amide bonds. The molecule has 10 heteroatoms. The minimum Gasteiger partial charge on any atom is -0.308 e. The molecule has 0 aliphatic carbocycles. The van der Waals surface area contributed by atoms with Crippen molar-refractivity contribution in [2.45, 2.75) is 16.1 Å². The Morgan fingerprint density at radius 3 is 2.38 bits per heavy atom. The minimum absolute atomic E-state index is 0.0776. The highest BCUT2D eigenvalue weighted by Gasteiger charge is 2.35. The van der Waals surface area contributed by atoms with Crippen LogP contribution < -0.4 is 11.3 Å². The predicted molar refractivity (Wildman–Crippen MR) is 65.3 cm³/mol. The van der Waals surface area contributed by atoms with E-state index in [1.54, 1.807) is 0 Å². The highest BCUT2D eigenvalue weighted by Crippen LogP contribution is 2.33. The molecule has 4 nitrogen and oxygen atoms in total. The van der Waals surface area contributed by atoms with Gasteiger partial charge in [-0.05, 0) is 12.1 Å². The van der Waals surface area contributed by atoms with Crippen molar-refractivity contribution < 1.29 is 22.0 Å². The molecule has 1 aromatic heterocycles. The van der Waals surface area contributed by atoms with Gasteiger partial charge in [-0.25, -0.2) is 24.6 Å². The van der Waals surface area contributed by atoms with Gasteiger partial charge in [0, 0.05) is 17.0 Å². The topological polar surface area (TPSA) is 63.8 Å². The Morgan fingerprint density at radius 2 is 1.81 bits per heavy atom. The van der Waals surface area contributed by atoms with Crippen molar-refractivity contribution in [1.29, 1.82) is 0 Å². The number of nitrogens with two attached hydrogens (primary N) is 1. The van der Waals surface area contributed by atoms with E-state index in [0.29, 0.717) is 17.8 Å². The molecule has 0 saturated carbocycles. The number of alkyl halides is 3. The number of hydrazine groups is 1. The summed E-state index contributed by atoms with van der Waals surface area (Å²) in [5.74, 6) is 1.64. The minimum atomic E-state index is -4.77. The lowest BCUT2D eigenvalue weighted by Crippen LogP contribution is -2.16. The van der Waals surface area contributed by atoms with Crippen LogP contribution in [0.1, 0.15) is 5.82 Å². The number of hydrogen-bond acceptors (Lipinski definition) is 5. The average molecular weight is 322 g/mol. The van der Waals surface area contributed by atoms with Crippen molar-refractivity contribution in [3.8, 4) is 0 Å². The molecule has 21 heavy (non-hydrogen) atoms. The number of rotatable bonds is 3. The van der Waals surface area contributed by atoms with Crippen molar-refractivity contribution in [3.63, 3.8) is 0 Å². The maximum Gasteiger partial charge on any atom is 0.451 e. The maximum absolute atomic E-state index is 13.5. The molecule has 1 heterocycles. The summed E-state index contributed by atoms with van der Waals surface area (Å²) in [7, 11) is 0.